The van der Waals surface area contributed by atoms with E-state index >= 15 is 0 Å². The Morgan fingerprint density at radius 3 is 2.76 bits per heavy atom. The highest BCUT2D eigenvalue weighted by Crippen LogP contribution is 2.37. The molecule has 37 heavy (non-hydrogen) atoms. The number of aliphatic hydroxyl groups is 1. The molecule has 0 radical (unpaired) electrons. The summed E-state index contributed by atoms with van der Waals surface area (Å²) in [6.07, 6.45) is 0.225. The van der Waals surface area contributed by atoms with Gasteiger partial charge < -0.3 is 20.3 Å². The third kappa shape index (κ3) is 5.35. The Balaban J connectivity index is 1.45. The Labute approximate surface area is 210 Å². The maximum Gasteiger partial charge on any atom is 0.418 e. The molecule has 1 saturated heterocycles. The summed E-state index contributed by atoms with van der Waals surface area (Å²) < 4.78 is 43.4. The van der Waals surface area contributed by atoms with Crippen LogP contribution in [-0.4, -0.2) is 66.5 Å². The van der Waals surface area contributed by atoms with Gasteiger partial charge in [-0.2, -0.15) is 18.3 Å². The number of alkyl halides is 3. The number of H-pyrrole nitrogens is 1. The van der Waals surface area contributed by atoms with Gasteiger partial charge >= 0.3 is 6.18 Å². The lowest BCUT2D eigenvalue weighted by molar-refractivity contribution is -0.136. The van der Waals surface area contributed by atoms with Crippen molar-refractivity contribution >= 4 is 16.6 Å². The molecule has 0 spiro atoms. The topological polar surface area (TPSA) is 112 Å². The minimum absolute atomic E-state index is 0.135. The summed E-state index contributed by atoms with van der Waals surface area (Å²) in [6, 6.07) is 6.88. The van der Waals surface area contributed by atoms with E-state index in [1.807, 2.05) is 17.9 Å². The summed E-state index contributed by atoms with van der Waals surface area (Å²) in [5, 5.41) is 17.4. The van der Waals surface area contributed by atoms with E-state index in [2.05, 4.69) is 25.4 Å². The maximum absolute atomic E-state index is 13.9. The van der Waals surface area contributed by atoms with E-state index in [1.165, 1.54) is 6.07 Å². The van der Waals surface area contributed by atoms with E-state index in [-0.39, 0.29) is 23.0 Å². The lowest BCUT2D eigenvalue weighted by atomic mass is 10.00. The molecule has 4 aromatic rings. The van der Waals surface area contributed by atoms with Crippen LogP contribution in [-0.2, 0) is 12.6 Å². The highest BCUT2D eigenvalue weighted by Gasteiger charge is 2.36. The van der Waals surface area contributed by atoms with Gasteiger partial charge in [-0.05, 0) is 42.8 Å². The quantitative estimate of drug-likeness (QED) is 0.364. The predicted octanol–water partition coefficient (Wildman–Crippen LogP) is 2.98. The number of benzene rings is 1. The Kier molecular flexibility index (Phi) is 6.69. The number of pyridine rings is 1. The largest absolute Gasteiger partial charge is 0.418 e. The molecule has 0 aliphatic carbocycles. The molecule has 3 N–H and O–H groups in total. The van der Waals surface area contributed by atoms with Crippen molar-refractivity contribution in [3.8, 4) is 5.82 Å². The van der Waals surface area contributed by atoms with Gasteiger partial charge in [-0.3, -0.25) is 4.79 Å². The van der Waals surface area contributed by atoms with Gasteiger partial charge in [-0.1, -0.05) is 13.0 Å². The number of hydrogen-bond donors (Lipinski definition) is 3. The first-order valence-corrected chi connectivity index (χ1v) is 12.0. The number of hydrogen-bond acceptors (Lipinski definition) is 7. The second-order valence-corrected chi connectivity index (χ2v) is 9.08. The van der Waals surface area contributed by atoms with Crippen LogP contribution in [0.1, 0.15) is 30.3 Å². The number of likely N-dealkylation sites (tertiary alicyclic amines) is 1. The van der Waals surface area contributed by atoms with E-state index < -0.39 is 29.4 Å². The number of anilines is 1. The maximum atomic E-state index is 13.9. The van der Waals surface area contributed by atoms with E-state index in [0.29, 0.717) is 31.2 Å². The number of β-amino-alcohol motifs (C(OH)–C–C–N with tert-alkyl or cyclic N) is 1. The van der Waals surface area contributed by atoms with Gasteiger partial charge in [0.25, 0.3) is 5.56 Å². The number of halogens is 3. The minimum atomic E-state index is -4.70. The van der Waals surface area contributed by atoms with E-state index in [4.69, 9.17) is 0 Å². The summed E-state index contributed by atoms with van der Waals surface area (Å²) in [5.41, 5.74) is -0.938. The summed E-state index contributed by atoms with van der Waals surface area (Å²) in [5.74, 6) is 0.921. The fourth-order valence-corrected chi connectivity index (χ4v) is 4.58. The Morgan fingerprint density at radius 2 is 2.11 bits per heavy atom. The normalized spacial score (nSPS) is 18.8. The van der Waals surface area contributed by atoms with Crippen LogP contribution in [0.3, 0.4) is 0 Å². The first-order valence-electron chi connectivity index (χ1n) is 12.0. The Morgan fingerprint density at radius 1 is 1.27 bits per heavy atom. The summed E-state index contributed by atoms with van der Waals surface area (Å²) in [6.45, 7) is 3.76. The van der Waals surface area contributed by atoms with E-state index in [9.17, 15) is 23.1 Å². The lowest BCUT2D eigenvalue weighted by Crippen LogP contribution is -2.49. The molecule has 3 aromatic heterocycles. The van der Waals surface area contributed by atoms with Gasteiger partial charge in [-0.25, -0.2) is 14.6 Å². The van der Waals surface area contributed by atoms with Crippen LogP contribution in [0.4, 0.5) is 18.9 Å². The number of nitrogens with one attached hydrogen (secondary N) is 2. The van der Waals surface area contributed by atoms with Crippen molar-refractivity contribution < 1.29 is 18.3 Å². The number of aromatic amines is 1. The zero-order valence-electron chi connectivity index (χ0n) is 20.0. The molecule has 0 saturated carbocycles. The molecule has 0 amide bonds. The minimum Gasteiger partial charge on any atom is -0.390 e. The van der Waals surface area contributed by atoms with Crippen molar-refractivity contribution in [2.45, 2.75) is 38.1 Å². The fourth-order valence-electron chi connectivity index (χ4n) is 4.58. The highest BCUT2D eigenvalue weighted by atomic mass is 19.4. The summed E-state index contributed by atoms with van der Waals surface area (Å²) >= 11 is 0. The molecular formula is C25H26F3N7O2. The SMILES string of the molecule is CCN1CC[C@H](Nc2cc3nc(Cc4ccc(-n5cccn5)nc4)[nH]c(=O)c3cc2C(F)(F)F)[C@H](O)C1. The third-order valence-electron chi connectivity index (χ3n) is 6.57. The number of rotatable bonds is 6. The standard InChI is InChI=1S/C25H26F3N7O2/c1-2-34-9-6-18(21(36)14-34)31-20-12-19-16(11-17(20)25(26,27)28)24(37)33-22(32-19)10-15-4-5-23(29-13-15)35-8-3-7-30-35/h3-5,7-8,11-13,18,21,31,36H,2,6,9-10,14H2,1H3,(H,32,33,37)/t18-,21+/m0/s1. The monoisotopic (exact) mass is 513 g/mol. The van der Waals surface area contributed by atoms with Crippen LogP contribution in [0.15, 0.2) is 53.7 Å². The van der Waals surface area contributed by atoms with Crippen LogP contribution in [0, 0.1) is 0 Å². The summed E-state index contributed by atoms with van der Waals surface area (Å²) in [7, 11) is 0. The van der Waals surface area contributed by atoms with Crippen molar-refractivity contribution in [1.29, 1.82) is 0 Å². The number of likely N-dealkylation sites (N-methyl/N-ethyl adjacent to an activating group) is 1. The van der Waals surface area contributed by atoms with E-state index in [0.717, 1.165) is 18.2 Å². The van der Waals surface area contributed by atoms with Gasteiger partial charge in [0.05, 0.1) is 28.6 Å². The fraction of sp³-hybridized carbons (Fsp3) is 0.360. The van der Waals surface area contributed by atoms with Crippen molar-refractivity contribution in [1.82, 2.24) is 29.6 Å². The molecule has 1 fully saturated rings. The van der Waals surface area contributed by atoms with Crippen molar-refractivity contribution in [2.75, 3.05) is 25.0 Å². The first-order chi connectivity index (χ1) is 17.7. The molecule has 9 nitrogen and oxygen atoms in total. The van der Waals surface area contributed by atoms with Gasteiger partial charge in [0.1, 0.15) is 5.82 Å². The van der Waals surface area contributed by atoms with Crippen molar-refractivity contribution in [3.63, 3.8) is 0 Å². The number of aromatic nitrogens is 5. The molecule has 12 heteroatoms. The average molecular weight is 514 g/mol. The third-order valence-corrected chi connectivity index (χ3v) is 6.57. The van der Waals surface area contributed by atoms with Crippen LogP contribution >= 0.6 is 0 Å². The Bertz CT molecular complexity index is 1440. The summed E-state index contributed by atoms with van der Waals surface area (Å²) in [4.78, 5) is 26.2. The zero-order chi connectivity index (χ0) is 26.2. The lowest BCUT2D eigenvalue weighted by Gasteiger charge is -2.36. The van der Waals surface area contributed by atoms with Crippen LogP contribution in [0.5, 0.6) is 0 Å². The van der Waals surface area contributed by atoms with Gasteiger partial charge in [-0.15, -0.1) is 0 Å². The molecule has 5 rings (SSSR count). The number of nitrogens with zero attached hydrogens (tertiary/aromatic N) is 5. The number of piperidine rings is 1. The van der Waals surface area contributed by atoms with E-state index in [1.54, 1.807) is 35.4 Å². The second kappa shape index (κ2) is 9.94. The molecule has 2 atom stereocenters. The molecular weight excluding hydrogens is 487 g/mol. The molecule has 4 heterocycles. The molecule has 194 valence electrons. The van der Waals surface area contributed by atoms with Crippen LogP contribution in [0.2, 0.25) is 0 Å². The second-order valence-electron chi connectivity index (χ2n) is 9.08. The van der Waals surface area contributed by atoms with Gasteiger partial charge in [0, 0.05) is 43.8 Å². The van der Waals surface area contributed by atoms with Crippen LogP contribution < -0.4 is 10.9 Å². The molecule has 1 aromatic carbocycles. The first kappa shape index (κ1) is 24.9. The van der Waals surface area contributed by atoms with Crippen LogP contribution in [0.25, 0.3) is 16.7 Å². The van der Waals surface area contributed by atoms with Gasteiger partial charge in [0.2, 0.25) is 0 Å². The van der Waals surface area contributed by atoms with Crippen molar-refractivity contribution in [3.05, 3.63) is 76.2 Å². The molecule has 1 aliphatic heterocycles. The predicted molar refractivity (Wildman–Crippen MR) is 132 cm³/mol. The van der Waals surface area contributed by atoms with Gasteiger partial charge in [0.15, 0.2) is 5.82 Å². The average Bonchev–Trinajstić information content (AvgIpc) is 3.40. The smallest absolute Gasteiger partial charge is 0.390 e. The molecule has 1 aliphatic rings. The molecule has 0 bridgehead atoms. The zero-order valence-corrected chi connectivity index (χ0v) is 20.0. The Hall–Kier alpha value is -3.77. The molecule has 0 unspecified atom stereocenters. The van der Waals surface area contributed by atoms with Crippen molar-refractivity contribution in [2.24, 2.45) is 0 Å². The highest BCUT2D eigenvalue weighted by molar-refractivity contribution is 5.83. The number of aliphatic hydroxyl groups excluding tert-OH is 1. The number of fused-ring (bicyclic) bond motifs is 1.